The third-order valence-corrected chi connectivity index (χ3v) is 6.36. The van der Waals surface area contributed by atoms with Gasteiger partial charge in [-0.15, -0.1) is 0 Å². The van der Waals surface area contributed by atoms with Crippen molar-refractivity contribution >= 4 is 20.0 Å². The Morgan fingerprint density at radius 2 is 1.73 bits per heavy atom. The smallest absolute Gasteiger partial charge is 0.240 e. The number of primary sulfonamides is 1. The molecule has 1 aliphatic rings. The fraction of sp³-hybridized carbons (Fsp3) is 0.538. The summed E-state index contributed by atoms with van der Waals surface area (Å²) in [6.45, 7) is 0.421. The Labute approximate surface area is 131 Å². The van der Waals surface area contributed by atoms with Gasteiger partial charge in [0, 0.05) is 6.04 Å². The van der Waals surface area contributed by atoms with Crippen LogP contribution in [0.3, 0.4) is 0 Å². The minimum Gasteiger partial charge on any atom is -0.330 e. The van der Waals surface area contributed by atoms with Gasteiger partial charge in [0.2, 0.25) is 20.0 Å². The van der Waals surface area contributed by atoms with E-state index in [1.807, 2.05) is 0 Å². The highest BCUT2D eigenvalue weighted by atomic mass is 32.2. The second-order valence-corrected chi connectivity index (χ2v) is 8.80. The highest BCUT2D eigenvalue weighted by Crippen LogP contribution is 2.25. The van der Waals surface area contributed by atoms with Crippen molar-refractivity contribution in [1.82, 2.24) is 4.72 Å². The van der Waals surface area contributed by atoms with Crippen molar-refractivity contribution in [1.29, 1.82) is 0 Å². The van der Waals surface area contributed by atoms with Gasteiger partial charge < -0.3 is 5.73 Å². The largest absolute Gasteiger partial charge is 0.330 e. The maximum Gasteiger partial charge on any atom is 0.240 e. The summed E-state index contributed by atoms with van der Waals surface area (Å²) in [6, 6.07) is 4.81. The SMILES string of the molecule is NCC1CCCCC1NS(=O)(=O)c1cccc(S(N)(=O)=O)c1. The van der Waals surface area contributed by atoms with E-state index >= 15 is 0 Å². The average molecular weight is 347 g/mol. The number of hydrogen-bond donors (Lipinski definition) is 3. The van der Waals surface area contributed by atoms with Crippen LogP contribution in [-0.4, -0.2) is 29.4 Å². The molecule has 1 fully saturated rings. The van der Waals surface area contributed by atoms with Gasteiger partial charge in [0.25, 0.3) is 0 Å². The minimum absolute atomic E-state index is 0.102. The molecule has 2 rings (SSSR count). The third kappa shape index (κ3) is 4.05. The first-order valence-corrected chi connectivity index (χ1v) is 10.1. The molecule has 9 heteroatoms. The molecule has 1 aliphatic carbocycles. The van der Waals surface area contributed by atoms with Gasteiger partial charge in [-0.25, -0.2) is 26.7 Å². The van der Waals surface area contributed by atoms with Crippen LogP contribution in [0.5, 0.6) is 0 Å². The van der Waals surface area contributed by atoms with E-state index in [0.29, 0.717) is 6.54 Å². The molecule has 0 heterocycles. The molecular weight excluding hydrogens is 326 g/mol. The van der Waals surface area contributed by atoms with E-state index in [2.05, 4.69) is 4.72 Å². The van der Waals surface area contributed by atoms with Gasteiger partial charge in [-0.2, -0.15) is 0 Å². The first-order valence-electron chi connectivity index (χ1n) is 7.09. The normalized spacial score (nSPS) is 23.4. The Balaban J connectivity index is 2.27. The second kappa shape index (κ2) is 6.63. The first-order chi connectivity index (χ1) is 10.2. The van der Waals surface area contributed by atoms with E-state index < -0.39 is 20.0 Å². The zero-order valence-electron chi connectivity index (χ0n) is 12.1. The highest BCUT2D eigenvalue weighted by molar-refractivity contribution is 7.90. The van der Waals surface area contributed by atoms with E-state index in [9.17, 15) is 16.8 Å². The molecule has 1 aromatic carbocycles. The van der Waals surface area contributed by atoms with Crippen molar-refractivity contribution in [3.63, 3.8) is 0 Å². The van der Waals surface area contributed by atoms with Crippen LogP contribution < -0.4 is 15.6 Å². The lowest BCUT2D eigenvalue weighted by molar-refractivity contribution is 0.296. The monoisotopic (exact) mass is 347 g/mol. The van der Waals surface area contributed by atoms with Gasteiger partial charge in [0.1, 0.15) is 0 Å². The molecule has 124 valence electrons. The zero-order chi connectivity index (χ0) is 16.4. The second-order valence-electron chi connectivity index (χ2n) is 5.53. The van der Waals surface area contributed by atoms with Crippen molar-refractivity contribution in [2.24, 2.45) is 16.8 Å². The lowest BCUT2D eigenvalue weighted by Crippen LogP contribution is -2.44. The number of hydrogen-bond acceptors (Lipinski definition) is 5. The molecule has 2 unspecified atom stereocenters. The van der Waals surface area contributed by atoms with E-state index in [-0.39, 0.29) is 21.8 Å². The number of rotatable bonds is 5. The minimum atomic E-state index is -3.95. The van der Waals surface area contributed by atoms with Gasteiger partial charge in [0.05, 0.1) is 9.79 Å². The van der Waals surface area contributed by atoms with E-state index in [1.54, 1.807) is 0 Å². The van der Waals surface area contributed by atoms with Crippen LogP contribution in [0.25, 0.3) is 0 Å². The molecule has 0 aliphatic heterocycles. The summed E-state index contributed by atoms with van der Waals surface area (Å²) in [7, 11) is -7.76. The molecule has 5 N–H and O–H groups in total. The quantitative estimate of drug-likeness (QED) is 0.696. The summed E-state index contributed by atoms with van der Waals surface area (Å²) in [5, 5.41) is 5.04. The fourth-order valence-corrected chi connectivity index (χ4v) is 4.75. The number of nitrogens with one attached hydrogen (secondary N) is 1. The average Bonchev–Trinajstić information content (AvgIpc) is 2.47. The van der Waals surface area contributed by atoms with Crippen molar-refractivity contribution in [3.05, 3.63) is 24.3 Å². The van der Waals surface area contributed by atoms with Crippen LogP contribution in [-0.2, 0) is 20.0 Å². The Kier molecular flexibility index (Phi) is 5.23. The maximum absolute atomic E-state index is 12.5. The molecule has 0 bridgehead atoms. The Morgan fingerprint density at radius 3 is 2.36 bits per heavy atom. The lowest BCUT2D eigenvalue weighted by Gasteiger charge is -2.31. The Hall–Kier alpha value is -1.00. The van der Waals surface area contributed by atoms with Gasteiger partial charge >= 0.3 is 0 Å². The van der Waals surface area contributed by atoms with Crippen LogP contribution in [0.4, 0.5) is 0 Å². The molecule has 0 aromatic heterocycles. The van der Waals surface area contributed by atoms with E-state index in [1.165, 1.54) is 18.2 Å². The summed E-state index contributed by atoms with van der Waals surface area (Å²) < 4.78 is 50.2. The van der Waals surface area contributed by atoms with Gasteiger partial charge in [0.15, 0.2) is 0 Å². The number of sulfonamides is 2. The predicted molar refractivity (Wildman–Crippen MR) is 82.9 cm³/mol. The van der Waals surface area contributed by atoms with Crippen molar-refractivity contribution < 1.29 is 16.8 Å². The fourth-order valence-electron chi connectivity index (χ4n) is 2.73. The van der Waals surface area contributed by atoms with Crippen molar-refractivity contribution in [3.8, 4) is 0 Å². The van der Waals surface area contributed by atoms with Crippen LogP contribution in [0.1, 0.15) is 25.7 Å². The third-order valence-electron chi connectivity index (χ3n) is 3.96. The first kappa shape index (κ1) is 17.4. The molecule has 1 aromatic rings. The molecule has 0 saturated heterocycles. The molecule has 22 heavy (non-hydrogen) atoms. The molecule has 7 nitrogen and oxygen atoms in total. The highest BCUT2D eigenvalue weighted by Gasteiger charge is 2.29. The predicted octanol–water partition coefficient (Wildman–Crippen LogP) is 0.130. The van der Waals surface area contributed by atoms with Gasteiger partial charge in [-0.3, -0.25) is 0 Å². The van der Waals surface area contributed by atoms with Gasteiger partial charge in [-0.1, -0.05) is 18.9 Å². The topological polar surface area (TPSA) is 132 Å². The zero-order valence-corrected chi connectivity index (χ0v) is 13.7. The molecule has 2 atom stereocenters. The molecule has 0 spiro atoms. The summed E-state index contributed by atoms with van der Waals surface area (Å²) >= 11 is 0. The van der Waals surface area contributed by atoms with Crippen molar-refractivity contribution in [2.75, 3.05) is 6.54 Å². The van der Waals surface area contributed by atoms with Crippen molar-refractivity contribution in [2.45, 2.75) is 41.5 Å². The van der Waals surface area contributed by atoms with E-state index in [4.69, 9.17) is 10.9 Å². The van der Waals surface area contributed by atoms with Crippen LogP contribution in [0, 0.1) is 5.92 Å². The molecule has 0 amide bonds. The van der Waals surface area contributed by atoms with Crippen LogP contribution in [0.2, 0.25) is 0 Å². The summed E-state index contributed by atoms with van der Waals surface area (Å²) in [5.74, 6) is 0.102. The van der Waals surface area contributed by atoms with Gasteiger partial charge in [-0.05, 0) is 43.5 Å². The van der Waals surface area contributed by atoms with E-state index in [0.717, 1.165) is 31.7 Å². The lowest BCUT2D eigenvalue weighted by atomic mass is 9.85. The Bertz CT molecular complexity index is 731. The maximum atomic E-state index is 12.5. The van der Waals surface area contributed by atoms with Crippen LogP contribution >= 0.6 is 0 Å². The summed E-state index contributed by atoms with van der Waals surface area (Å²) in [6.07, 6.45) is 3.61. The molecule has 1 saturated carbocycles. The summed E-state index contributed by atoms with van der Waals surface area (Å²) in [4.78, 5) is -0.338. The molecule has 0 radical (unpaired) electrons. The summed E-state index contributed by atoms with van der Waals surface area (Å²) in [5.41, 5.74) is 5.70. The Morgan fingerprint density at radius 1 is 1.09 bits per heavy atom. The van der Waals surface area contributed by atoms with Crippen LogP contribution in [0.15, 0.2) is 34.1 Å². The standard InChI is InChI=1S/C13H21N3O4S2/c14-9-10-4-1-2-7-13(10)16-22(19,20)12-6-3-5-11(8-12)21(15,17)18/h3,5-6,8,10,13,16H,1-2,4,7,9,14H2,(H2,15,17,18). The molecular formula is C13H21N3O4S2. The number of nitrogens with two attached hydrogens (primary N) is 2. The number of benzene rings is 1.